The van der Waals surface area contributed by atoms with Crippen LogP contribution in [0, 0.1) is 17.8 Å². The van der Waals surface area contributed by atoms with Crippen molar-refractivity contribution in [3.8, 4) is 0 Å². The maximum absolute atomic E-state index is 14.7. The molecular weight excluding hydrogens is 1420 g/mol. The second kappa shape index (κ2) is 34.6. The Hall–Kier alpha value is -5.51. The van der Waals surface area contributed by atoms with E-state index in [1.54, 1.807) is 0 Å². The summed E-state index contributed by atoms with van der Waals surface area (Å²) in [5, 5.41) is 33.5. The van der Waals surface area contributed by atoms with E-state index >= 15 is 0 Å². The first kappa shape index (κ1) is 84.0. The quantitative estimate of drug-likeness (QED) is 0.0274. The maximum Gasteiger partial charge on any atom is 0.407 e. The summed E-state index contributed by atoms with van der Waals surface area (Å²) in [7, 11) is -8.35. The van der Waals surface area contributed by atoms with Gasteiger partial charge in [0.25, 0.3) is 0 Å². The van der Waals surface area contributed by atoms with E-state index in [0.717, 1.165) is 22.3 Å². The van der Waals surface area contributed by atoms with Crippen molar-refractivity contribution in [1.29, 1.82) is 0 Å². The fourth-order valence-corrected chi connectivity index (χ4v) is 18.0. The Morgan fingerprint density at radius 2 is 0.935 bits per heavy atom. The maximum atomic E-state index is 14.7. The summed E-state index contributed by atoms with van der Waals surface area (Å²) in [5.74, 6) is -2.51. The van der Waals surface area contributed by atoms with E-state index in [2.05, 4.69) is 118 Å². The average molecular weight is 1540 g/mol. The zero-order chi connectivity index (χ0) is 77.8. The zero-order valence-electron chi connectivity index (χ0n) is 66.3. The van der Waals surface area contributed by atoms with Crippen LogP contribution in [0.25, 0.3) is 0 Å². The number of hydrogen-bond acceptors (Lipinski definition) is 20. The molecule has 4 saturated heterocycles. The average Bonchev–Trinajstić information content (AvgIpc) is 1.72. The van der Waals surface area contributed by atoms with Gasteiger partial charge in [-0.3, -0.25) is 4.79 Å². The standard InChI is InChI=1S/C81H121N3O20Si3/c1-20-56-66(100-73-62(84-77(89)94-47-53-38-30-24-31-39-53)68(103-106(16,17)79(8,9)10)67(57(21-2)95-73)102-105(14,15)78(5,6)7)70(104-107(18,19)80(11,12)13)74(96-56)101-69-63(86)55(43-60(85)81(90)44-59(81)82-75(87)92-45-51-34-26-22-27-35-51)42-49(3)64(69)98-72-61(83-76(88)93-46-52-36-28-23-29-37-52)50(4)65-58(97-72)48-91-71(99-65)54-40-32-25-33-41-54/h22-41,49-50,55-59,61-74,86,90H,20-21,42-48H2,1-19H3,(H,82,87)(H,83,88)(H,84,89)/t49-,50+,55-,56+,57-,58+,59?,61+,62+,63-,64+,65-,66+,67+,68+,69+,70+,71?,72+,73+,74-,81?/m0/s1. The van der Waals surface area contributed by atoms with Crippen molar-refractivity contribution >= 4 is 49.0 Å². The molecule has 10 rings (SSSR count). The second-order valence-electron chi connectivity index (χ2n) is 34.8. The van der Waals surface area contributed by atoms with Gasteiger partial charge in [-0.15, -0.1) is 0 Å². The predicted octanol–water partition coefficient (Wildman–Crippen LogP) is 14.1. The first-order valence-corrected chi connectivity index (χ1v) is 47.2. The lowest BCUT2D eigenvalue weighted by Gasteiger charge is -2.53. The SMILES string of the molecule is CC[C@@H]1O[C@H](O[C@H]2[C@@H](O[Si](C)(C)C(C)(C)C)[C@H](O[C@@H]3[C@@H](O)[C@H](CC(=O)C4(O)CC4NC(=O)OCc4ccccc4)C[C@H](C)[C@H]3O[C@H]3O[C@@H]4COC(c5ccccc5)O[C@H]4[C@H](C)[C@H]3NC(=O)OCc3ccccc3)O[C@@H]2CC)[C@H](NC(=O)OCc2ccccc2)[C@@H](O[Si](C)(C)C(C)(C)C)[C@@H]1O[Si](C)(C)C(C)(C)C. The van der Waals surface area contributed by atoms with Crippen molar-refractivity contribution in [2.75, 3.05) is 6.61 Å². The highest BCUT2D eigenvalue weighted by Crippen LogP contribution is 2.49. The molecule has 23 nitrogen and oxygen atoms in total. The number of ether oxygens (including phenoxy) is 11. The smallest absolute Gasteiger partial charge is 0.407 e. The Bertz CT molecular complexity index is 3550. The molecule has 3 unspecified atom stereocenters. The molecule has 6 fully saturated rings. The Morgan fingerprint density at radius 3 is 1.43 bits per heavy atom. The molecule has 4 aromatic rings. The number of benzene rings is 4. The lowest BCUT2D eigenvalue weighted by atomic mass is 9.73. The van der Waals surface area contributed by atoms with Crippen LogP contribution in [0.5, 0.6) is 0 Å². The first-order valence-electron chi connectivity index (χ1n) is 38.5. The van der Waals surface area contributed by atoms with Gasteiger partial charge in [-0.1, -0.05) is 211 Å². The van der Waals surface area contributed by atoms with Crippen LogP contribution >= 0.6 is 0 Å². The van der Waals surface area contributed by atoms with Crippen LogP contribution in [0.2, 0.25) is 54.4 Å². The van der Waals surface area contributed by atoms with Crippen LogP contribution in [-0.2, 0) is 90.0 Å². The first-order chi connectivity index (χ1) is 50.3. The number of carbonyl (C=O) groups is 4. The van der Waals surface area contributed by atoms with Crippen molar-refractivity contribution in [2.24, 2.45) is 17.8 Å². The van der Waals surface area contributed by atoms with Crippen molar-refractivity contribution in [2.45, 2.75) is 312 Å². The summed E-state index contributed by atoms with van der Waals surface area (Å²) < 4.78 is 97.2. The van der Waals surface area contributed by atoms with Gasteiger partial charge in [-0.2, -0.15) is 0 Å². The second-order valence-corrected chi connectivity index (χ2v) is 49.0. The molecule has 4 aliphatic heterocycles. The van der Waals surface area contributed by atoms with Gasteiger partial charge in [-0.25, -0.2) is 14.4 Å². The summed E-state index contributed by atoms with van der Waals surface area (Å²) in [6.45, 7) is 40.4. The Labute approximate surface area is 636 Å². The van der Waals surface area contributed by atoms with Crippen LogP contribution in [0.4, 0.5) is 14.4 Å². The summed E-state index contributed by atoms with van der Waals surface area (Å²) in [6, 6.07) is 34.6. The van der Waals surface area contributed by atoms with Crippen LogP contribution < -0.4 is 16.0 Å². The van der Waals surface area contributed by atoms with Gasteiger partial charge in [0.1, 0.15) is 55.9 Å². The number of aliphatic hydroxyl groups excluding tert-OH is 1. The number of ketones is 1. The molecule has 4 heterocycles. The van der Waals surface area contributed by atoms with Gasteiger partial charge in [-0.05, 0) is 102 Å². The highest BCUT2D eigenvalue weighted by Gasteiger charge is 2.63. The number of Topliss-reactive ketones (excluding diaryl/α,β-unsaturated/α-hetero) is 1. The lowest BCUT2D eigenvalue weighted by molar-refractivity contribution is -0.353. The van der Waals surface area contributed by atoms with Crippen molar-refractivity contribution in [1.82, 2.24) is 16.0 Å². The van der Waals surface area contributed by atoms with Crippen LogP contribution in [0.3, 0.4) is 0 Å². The van der Waals surface area contributed by atoms with Crippen LogP contribution in [0.15, 0.2) is 121 Å². The minimum absolute atomic E-state index is 0.0176. The molecule has 6 aliphatic rings. The van der Waals surface area contributed by atoms with Gasteiger partial charge in [0.2, 0.25) is 0 Å². The van der Waals surface area contributed by atoms with Gasteiger partial charge >= 0.3 is 18.3 Å². The highest BCUT2D eigenvalue weighted by atomic mass is 28.4. The highest BCUT2D eigenvalue weighted by molar-refractivity contribution is 6.75. The fraction of sp³-hybridized carbons (Fsp3) is 0.654. The molecule has 26 heteroatoms. The number of nitrogens with one attached hydrogen (secondary N) is 3. The molecule has 4 aromatic carbocycles. The molecule has 0 radical (unpaired) electrons. The van der Waals surface area contributed by atoms with E-state index in [9.17, 15) is 29.4 Å². The largest absolute Gasteiger partial charge is 0.445 e. The molecule has 107 heavy (non-hydrogen) atoms. The predicted molar refractivity (Wildman–Crippen MR) is 410 cm³/mol. The molecule has 5 N–H and O–H groups in total. The monoisotopic (exact) mass is 1540 g/mol. The van der Waals surface area contributed by atoms with Gasteiger partial charge in [0.05, 0.1) is 61.4 Å². The molecule has 2 aliphatic carbocycles. The number of amides is 3. The van der Waals surface area contributed by atoms with Crippen LogP contribution in [-0.4, -0.2) is 176 Å². The minimum atomic E-state index is -2.94. The van der Waals surface area contributed by atoms with Crippen molar-refractivity contribution < 1.29 is 94.8 Å². The molecular formula is C81H121N3O20Si3. The molecule has 592 valence electrons. The minimum Gasteiger partial charge on any atom is -0.445 e. The molecule has 0 spiro atoms. The summed E-state index contributed by atoms with van der Waals surface area (Å²) >= 11 is 0. The van der Waals surface area contributed by atoms with E-state index in [4.69, 9.17) is 65.4 Å². The Balaban J connectivity index is 1.02. The molecule has 2 saturated carbocycles. The third-order valence-electron chi connectivity index (χ3n) is 23.9. The third-order valence-corrected chi connectivity index (χ3v) is 37.3. The van der Waals surface area contributed by atoms with E-state index in [-0.39, 0.29) is 55.8 Å². The molecule has 0 aromatic heterocycles. The molecule has 0 bridgehead atoms. The van der Waals surface area contributed by atoms with Gasteiger partial charge < -0.3 is 91.5 Å². The summed E-state index contributed by atoms with van der Waals surface area (Å²) in [6.07, 6.45) is -16.5. The van der Waals surface area contributed by atoms with E-state index in [1.165, 1.54) is 0 Å². The van der Waals surface area contributed by atoms with Crippen molar-refractivity contribution in [3.05, 3.63) is 144 Å². The molecule has 22 atom stereocenters. The Kier molecular flexibility index (Phi) is 27.2. The number of hydrogen-bond donors (Lipinski definition) is 5. The van der Waals surface area contributed by atoms with Crippen molar-refractivity contribution in [3.63, 3.8) is 0 Å². The number of fused-ring (bicyclic) bond motifs is 1. The number of alkyl carbamates (subject to hydrolysis) is 3. The summed E-state index contributed by atoms with van der Waals surface area (Å²) in [4.78, 5) is 56.9. The van der Waals surface area contributed by atoms with Crippen LogP contribution in [0.1, 0.15) is 151 Å². The third kappa shape index (κ3) is 20.2. The zero-order valence-corrected chi connectivity index (χ0v) is 69.3. The topological polar surface area (TPSA) is 274 Å². The Morgan fingerprint density at radius 1 is 0.514 bits per heavy atom. The normalized spacial score (nSPS) is 32.8. The van der Waals surface area contributed by atoms with Gasteiger partial charge in [0, 0.05) is 24.3 Å². The fourth-order valence-electron chi connectivity index (χ4n) is 14.1. The lowest BCUT2D eigenvalue weighted by Crippen LogP contribution is -2.70. The van der Waals surface area contributed by atoms with E-state index < -0.39 is 188 Å². The van der Waals surface area contributed by atoms with E-state index in [0.29, 0.717) is 12.8 Å². The number of rotatable bonds is 27. The number of carbonyl (C=O) groups excluding carboxylic acids is 4. The van der Waals surface area contributed by atoms with E-state index in [1.807, 2.05) is 149 Å². The number of aliphatic hydroxyl groups is 2. The summed E-state index contributed by atoms with van der Waals surface area (Å²) in [5.41, 5.74) is 1.18. The molecule has 3 amide bonds. The van der Waals surface area contributed by atoms with Gasteiger partial charge in [0.15, 0.2) is 55.9 Å².